The van der Waals surface area contributed by atoms with Crippen LogP contribution < -0.4 is 4.72 Å². The molecule has 6 heteroatoms. The molecule has 0 radical (unpaired) electrons. The summed E-state index contributed by atoms with van der Waals surface area (Å²) in [5.74, 6) is 0. The minimum absolute atomic E-state index is 0.284. The number of aromatic nitrogens is 1. The summed E-state index contributed by atoms with van der Waals surface area (Å²) in [4.78, 5) is 5.65. The molecular formula is C15H20N2O2S2. The van der Waals surface area contributed by atoms with Gasteiger partial charge in [-0.25, -0.2) is 18.1 Å². The monoisotopic (exact) mass is 324 g/mol. The van der Waals surface area contributed by atoms with Crippen LogP contribution in [0, 0.1) is 34.6 Å². The third-order valence-electron chi connectivity index (χ3n) is 3.30. The van der Waals surface area contributed by atoms with Crippen molar-refractivity contribution < 1.29 is 8.42 Å². The number of sulfonamides is 1. The predicted octanol–water partition coefficient (Wildman–Crippen LogP) is 3.16. The molecule has 0 unspecified atom stereocenters. The zero-order chi connectivity index (χ0) is 15.8. The van der Waals surface area contributed by atoms with Gasteiger partial charge in [0.05, 0.1) is 15.6 Å². The van der Waals surface area contributed by atoms with Crippen LogP contribution in [0.4, 0.5) is 0 Å². The molecule has 21 heavy (non-hydrogen) atoms. The highest BCUT2D eigenvalue weighted by Crippen LogP contribution is 2.23. The first-order valence-electron chi connectivity index (χ1n) is 6.71. The molecule has 0 amide bonds. The van der Waals surface area contributed by atoms with Gasteiger partial charge in [0.15, 0.2) is 0 Å². The number of thiazole rings is 1. The van der Waals surface area contributed by atoms with Crippen LogP contribution in [0.25, 0.3) is 0 Å². The van der Waals surface area contributed by atoms with Crippen molar-refractivity contribution in [1.29, 1.82) is 0 Å². The Balaban J connectivity index is 2.29. The lowest BCUT2D eigenvalue weighted by Crippen LogP contribution is -2.24. The van der Waals surface area contributed by atoms with Crippen LogP contribution in [0.15, 0.2) is 17.0 Å². The Morgan fingerprint density at radius 1 is 1.10 bits per heavy atom. The largest absolute Gasteiger partial charge is 0.247 e. The van der Waals surface area contributed by atoms with E-state index in [1.54, 1.807) is 0 Å². The van der Waals surface area contributed by atoms with E-state index in [4.69, 9.17) is 0 Å². The summed E-state index contributed by atoms with van der Waals surface area (Å²) in [5, 5.41) is 0.949. The van der Waals surface area contributed by atoms with Gasteiger partial charge in [0.2, 0.25) is 10.0 Å². The van der Waals surface area contributed by atoms with E-state index in [1.807, 2.05) is 46.8 Å². The van der Waals surface area contributed by atoms with Crippen LogP contribution in [-0.4, -0.2) is 13.4 Å². The summed E-state index contributed by atoms with van der Waals surface area (Å²) in [7, 11) is -3.52. The van der Waals surface area contributed by atoms with Crippen molar-refractivity contribution in [2.75, 3.05) is 0 Å². The number of nitrogens with zero attached hydrogens (tertiary/aromatic N) is 1. The Kier molecular flexibility index (Phi) is 4.51. The molecule has 0 fully saturated rings. The average molecular weight is 324 g/mol. The van der Waals surface area contributed by atoms with Gasteiger partial charge >= 0.3 is 0 Å². The smallest absolute Gasteiger partial charge is 0.241 e. The molecule has 1 aromatic heterocycles. The van der Waals surface area contributed by atoms with Gasteiger partial charge in [0.1, 0.15) is 0 Å². The molecule has 0 aliphatic rings. The van der Waals surface area contributed by atoms with Crippen LogP contribution in [-0.2, 0) is 16.6 Å². The van der Waals surface area contributed by atoms with Crippen molar-refractivity contribution in [3.05, 3.63) is 44.4 Å². The molecule has 0 spiro atoms. The third kappa shape index (κ3) is 3.51. The van der Waals surface area contributed by atoms with Crippen molar-refractivity contribution in [2.45, 2.75) is 46.1 Å². The van der Waals surface area contributed by atoms with E-state index >= 15 is 0 Å². The molecule has 4 nitrogen and oxygen atoms in total. The molecule has 1 aromatic carbocycles. The summed E-state index contributed by atoms with van der Waals surface area (Å²) in [6, 6.07) is 3.79. The van der Waals surface area contributed by atoms with Gasteiger partial charge in [-0.05, 0) is 45.7 Å². The van der Waals surface area contributed by atoms with Crippen molar-refractivity contribution in [3.8, 4) is 0 Å². The standard InChI is InChI=1S/C15H20N2O2S2/c1-9-6-10(2)15(11(3)7-9)21(18,19)16-8-14-12(4)17-13(5)20-14/h6-7,16H,8H2,1-5H3. The summed E-state index contributed by atoms with van der Waals surface area (Å²) in [6.45, 7) is 9.73. The quantitative estimate of drug-likeness (QED) is 0.940. The van der Waals surface area contributed by atoms with Crippen LogP contribution in [0.1, 0.15) is 32.3 Å². The van der Waals surface area contributed by atoms with E-state index in [2.05, 4.69) is 9.71 Å². The third-order valence-corrected chi connectivity index (χ3v) is 6.07. The second kappa shape index (κ2) is 5.87. The highest BCUT2D eigenvalue weighted by molar-refractivity contribution is 7.89. The molecule has 0 aliphatic carbocycles. The number of aryl methyl sites for hydroxylation is 5. The maximum Gasteiger partial charge on any atom is 0.241 e. The number of rotatable bonds is 4. The van der Waals surface area contributed by atoms with Crippen molar-refractivity contribution in [2.24, 2.45) is 0 Å². The molecule has 0 saturated heterocycles. The second-order valence-electron chi connectivity index (χ2n) is 5.29. The molecule has 114 valence electrons. The lowest BCUT2D eigenvalue weighted by Gasteiger charge is -2.12. The van der Waals surface area contributed by atoms with Crippen molar-refractivity contribution in [3.63, 3.8) is 0 Å². The Hall–Kier alpha value is -1.24. The van der Waals surface area contributed by atoms with Crippen LogP contribution >= 0.6 is 11.3 Å². The molecule has 0 bridgehead atoms. The average Bonchev–Trinajstić information content (AvgIpc) is 2.63. The van der Waals surface area contributed by atoms with E-state index < -0.39 is 10.0 Å². The van der Waals surface area contributed by atoms with E-state index in [9.17, 15) is 8.42 Å². The predicted molar refractivity (Wildman–Crippen MR) is 86.3 cm³/mol. The minimum Gasteiger partial charge on any atom is -0.247 e. The molecule has 0 aliphatic heterocycles. The second-order valence-corrected chi connectivity index (χ2v) is 8.29. The molecule has 1 N–H and O–H groups in total. The highest BCUT2D eigenvalue weighted by atomic mass is 32.2. The minimum atomic E-state index is -3.52. The van der Waals surface area contributed by atoms with Gasteiger partial charge in [0.25, 0.3) is 0 Å². The maximum absolute atomic E-state index is 12.5. The Morgan fingerprint density at radius 2 is 1.67 bits per heavy atom. The fraction of sp³-hybridized carbons (Fsp3) is 0.400. The van der Waals surface area contributed by atoms with E-state index in [1.165, 1.54) is 11.3 Å². The highest BCUT2D eigenvalue weighted by Gasteiger charge is 2.20. The summed E-state index contributed by atoms with van der Waals surface area (Å²) in [5.41, 5.74) is 3.50. The SMILES string of the molecule is Cc1cc(C)c(S(=O)(=O)NCc2sc(C)nc2C)c(C)c1. The van der Waals surface area contributed by atoms with Crippen LogP contribution in [0.5, 0.6) is 0 Å². The first kappa shape index (κ1) is 16.1. The lowest BCUT2D eigenvalue weighted by molar-refractivity contribution is 0.580. The van der Waals surface area contributed by atoms with Crippen molar-refractivity contribution >= 4 is 21.4 Å². The molecular weight excluding hydrogens is 304 g/mol. The van der Waals surface area contributed by atoms with Gasteiger partial charge < -0.3 is 0 Å². The van der Waals surface area contributed by atoms with Gasteiger partial charge in [-0.2, -0.15) is 0 Å². The fourth-order valence-electron chi connectivity index (χ4n) is 2.56. The normalized spacial score (nSPS) is 11.9. The fourth-order valence-corrected chi connectivity index (χ4v) is 4.97. The van der Waals surface area contributed by atoms with Gasteiger partial charge in [-0.3, -0.25) is 0 Å². The number of hydrogen-bond acceptors (Lipinski definition) is 4. The zero-order valence-corrected chi connectivity index (χ0v) is 14.6. The Morgan fingerprint density at radius 3 is 2.14 bits per heavy atom. The molecule has 2 aromatic rings. The number of benzene rings is 1. The summed E-state index contributed by atoms with van der Waals surface area (Å²) < 4.78 is 27.8. The summed E-state index contributed by atoms with van der Waals surface area (Å²) >= 11 is 1.52. The maximum atomic E-state index is 12.5. The van der Waals surface area contributed by atoms with E-state index in [-0.39, 0.29) is 6.54 Å². The van der Waals surface area contributed by atoms with Gasteiger partial charge in [-0.15, -0.1) is 11.3 Å². The van der Waals surface area contributed by atoms with E-state index in [0.717, 1.165) is 32.3 Å². The zero-order valence-electron chi connectivity index (χ0n) is 12.9. The lowest BCUT2D eigenvalue weighted by atomic mass is 10.1. The Bertz CT molecular complexity index is 754. The molecule has 0 saturated carbocycles. The van der Waals surface area contributed by atoms with Gasteiger partial charge in [0, 0.05) is 11.4 Å². The number of hydrogen-bond donors (Lipinski definition) is 1. The van der Waals surface area contributed by atoms with Crippen molar-refractivity contribution in [1.82, 2.24) is 9.71 Å². The number of nitrogens with one attached hydrogen (secondary N) is 1. The van der Waals surface area contributed by atoms with Crippen LogP contribution in [0.3, 0.4) is 0 Å². The van der Waals surface area contributed by atoms with Gasteiger partial charge in [-0.1, -0.05) is 17.7 Å². The first-order chi connectivity index (χ1) is 9.70. The molecule has 0 atom stereocenters. The summed E-state index contributed by atoms with van der Waals surface area (Å²) in [6.07, 6.45) is 0. The molecule has 2 rings (SSSR count). The topological polar surface area (TPSA) is 59.1 Å². The van der Waals surface area contributed by atoms with E-state index in [0.29, 0.717) is 4.90 Å². The first-order valence-corrected chi connectivity index (χ1v) is 9.01. The molecule has 1 heterocycles. The Labute approximate surface area is 130 Å². The van der Waals surface area contributed by atoms with Crippen LogP contribution in [0.2, 0.25) is 0 Å².